The molecule has 4 heteroatoms. The van der Waals surface area contributed by atoms with Gasteiger partial charge in [-0.3, -0.25) is 4.55 Å². The largest absolute Gasteiger partial charge is 0.286 e. The highest BCUT2D eigenvalue weighted by Gasteiger charge is 2.12. The average Bonchev–Trinajstić information content (AvgIpc) is 1.97. The summed E-state index contributed by atoms with van der Waals surface area (Å²) in [5, 5.41) is 0. The van der Waals surface area contributed by atoms with Crippen LogP contribution < -0.4 is 0 Å². The van der Waals surface area contributed by atoms with E-state index in [0.29, 0.717) is 6.42 Å². The molecular formula is C8H16O3S. The molecule has 2 unspecified atom stereocenters. The van der Waals surface area contributed by atoms with Crippen molar-refractivity contribution in [3.63, 3.8) is 0 Å². The molecule has 1 N–H and O–H groups in total. The van der Waals surface area contributed by atoms with E-state index in [2.05, 4.69) is 6.58 Å². The summed E-state index contributed by atoms with van der Waals surface area (Å²) in [7, 11) is -3.80. The smallest absolute Gasteiger partial charge is 0.264 e. The van der Waals surface area contributed by atoms with Gasteiger partial charge in [0, 0.05) is 0 Å². The highest BCUT2D eigenvalue weighted by atomic mass is 32.2. The fourth-order valence-corrected chi connectivity index (χ4v) is 1.50. The van der Waals surface area contributed by atoms with Crippen LogP contribution in [0, 0.1) is 11.8 Å². The summed E-state index contributed by atoms with van der Waals surface area (Å²) in [6.45, 7) is 7.53. The number of hydrogen-bond acceptors (Lipinski definition) is 2. The molecule has 0 radical (unpaired) electrons. The first-order valence-corrected chi connectivity index (χ1v) is 5.55. The van der Waals surface area contributed by atoms with E-state index in [1.54, 1.807) is 6.08 Å². The van der Waals surface area contributed by atoms with Crippen molar-refractivity contribution in [1.29, 1.82) is 0 Å². The van der Waals surface area contributed by atoms with Crippen LogP contribution in [0.4, 0.5) is 0 Å². The van der Waals surface area contributed by atoms with Gasteiger partial charge in [0.1, 0.15) is 0 Å². The molecule has 0 aliphatic carbocycles. The molecule has 0 bridgehead atoms. The third-order valence-electron chi connectivity index (χ3n) is 2.10. The number of hydrogen-bond donors (Lipinski definition) is 1. The first-order valence-electron chi connectivity index (χ1n) is 3.94. The average molecular weight is 192 g/mol. The molecule has 12 heavy (non-hydrogen) atoms. The monoisotopic (exact) mass is 192 g/mol. The minimum absolute atomic E-state index is 0.160. The molecule has 72 valence electrons. The van der Waals surface area contributed by atoms with Crippen LogP contribution in [0.3, 0.4) is 0 Å². The van der Waals surface area contributed by atoms with Gasteiger partial charge < -0.3 is 0 Å². The van der Waals surface area contributed by atoms with Crippen LogP contribution in [0.15, 0.2) is 12.7 Å². The molecule has 0 fully saturated rings. The quantitative estimate of drug-likeness (QED) is 0.533. The Morgan fingerprint density at radius 2 is 2.00 bits per heavy atom. The fourth-order valence-electron chi connectivity index (χ4n) is 0.830. The molecule has 0 aliphatic heterocycles. The number of rotatable bonds is 5. The predicted octanol–water partition coefficient (Wildman–Crippen LogP) is 1.72. The van der Waals surface area contributed by atoms with Gasteiger partial charge in [-0.05, 0) is 18.3 Å². The van der Waals surface area contributed by atoms with Gasteiger partial charge in [-0.2, -0.15) is 8.42 Å². The lowest BCUT2D eigenvalue weighted by Crippen LogP contribution is -2.12. The second-order valence-corrected chi connectivity index (χ2v) is 4.72. The standard InChI is InChI=1S/C8H16O3S/c1-4-7(2)8(3)5-6-12(9,10)11/h4,7-8H,1,5-6H2,2-3H3,(H,9,10,11). The van der Waals surface area contributed by atoms with E-state index in [-0.39, 0.29) is 17.6 Å². The van der Waals surface area contributed by atoms with Gasteiger partial charge in [-0.15, -0.1) is 6.58 Å². The lowest BCUT2D eigenvalue weighted by atomic mass is 9.94. The zero-order chi connectivity index (χ0) is 9.78. The Hall–Kier alpha value is -0.350. The SMILES string of the molecule is C=CC(C)C(C)CCS(=O)(=O)O. The molecule has 0 spiro atoms. The molecule has 0 aromatic rings. The topological polar surface area (TPSA) is 54.4 Å². The van der Waals surface area contributed by atoms with E-state index in [1.807, 2.05) is 13.8 Å². The Morgan fingerprint density at radius 1 is 1.50 bits per heavy atom. The highest BCUT2D eigenvalue weighted by Crippen LogP contribution is 2.15. The van der Waals surface area contributed by atoms with Gasteiger partial charge in [0.15, 0.2) is 0 Å². The molecule has 0 saturated carbocycles. The number of allylic oxidation sites excluding steroid dienone is 1. The Labute approximate surface area is 74.2 Å². The molecule has 0 aliphatic rings. The van der Waals surface area contributed by atoms with Gasteiger partial charge in [0.25, 0.3) is 10.1 Å². The van der Waals surface area contributed by atoms with Gasteiger partial charge in [-0.25, -0.2) is 0 Å². The van der Waals surface area contributed by atoms with Crippen molar-refractivity contribution in [3.05, 3.63) is 12.7 Å². The lowest BCUT2D eigenvalue weighted by molar-refractivity contribution is 0.429. The zero-order valence-electron chi connectivity index (χ0n) is 7.53. The summed E-state index contributed by atoms with van der Waals surface area (Å²) in [6.07, 6.45) is 2.26. The summed E-state index contributed by atoms with van der Waals surface area (Å²) in [5.74, 6) is 0.364. The van der Waals surface area contributed by atoms with E-state index >= 15 is 0 Å². The predicted molar refractivity (Wildman–Crippen MR) is 49.6 cm³/mol. The first-order chi connectivity index (χ1) is 5.37. The van der Waals surface area contributed by atoms with Crippen molar-refractivity contribution in [2.75, 3.05) is 5.75 Å². The van der Waals surface area contributed by atoms with Crippen LogP contribution >= 0.6 is 0 Å². The van der Waals surface area contributed by atoms with Crippen molar-refractivity contribution < 1.29 is 13.0 Å². The molecule has 0 heterocycles. The summed E-state index contributed by atoms with van der Waals surface area (Å²) >= 11 is 0. The Bertz CT molecular complexity index is 231. The Kier molecular flexibility index (Phi) is 4.49. The van der Waals surface area contributed by atoms with Crippen LogP contribution in [0.2, 0.25) is 0 Å². The molecule has 0 saturated heterocycles. The molecule has 0 aromatic carbocycles. The normalized spacial score (nSPS) is 16.9. The van der Waals surface area contributed by atoms with Crippen molar-refractivity contribution >= 4 is 10.1 Å². The molecular weight excluding hydrogens is 176 g/mol. The van der Waals surface area contributed by atoms with E-state index < -0.39 is 10.1 Å². The highest BCUT2D eigenvalue weighted by molar-refractivity contribution is 7.85. The van der Waals surface area contributed by atoms with E-state index in [0.717, 1.165) is 0 Å². The first kappa shape index (κ1) is 11.6. The molecule has 0 rings (SSSR count). The Morgan fingerprint density at radius 3 is 2.33 bits per heavy atom. The van der Waals surface area contributed by atoms with Crippen LogP contribution in [0.1, 0.15) is 20.3 Å². The maximum atomic E-state index is 10.4. The zero-order valence-corrected chi connectivity index (χ0v) is 8.34. The van der Waals surface area contributed by atoms with Crippen LogP contribution in [0.5, 0.6) is 0 Å². The summed E-state index contributed by atoms with van der Waals surface area (Å²) in [4.78, 5) is 0. The maximum absolute atomic E-state index is 10.4. The maximum Gasteiger partial charge on any atom is 0.264 e. The van der Waals surface area contributed by atoms with E-state index in [4.69, 9.17) is 4.55 Å². The van der Waals surface area contributed by atoms with Crippen LogP contribution in [-0.2, 0) is 10.1 Å². The van der Waals surface area contributed by atoms with Gasteiger partial charge in [0.2, 0.25) is 0 Å². The lowest BCUT2D eigenvalue weighted by Gasteiger charge is -2.14. The Balaban J connectivity index is 3.87. The second-order valence-electron chi connectivity index (χ2n) is 3.15. The second kappa shape index (κ2) is 4.62. The van der Waals surface area contributed by atoms with Crippen LogP contribution in [-0.4, -0.2) is 18.7 Å². The third-order valence-corrected chi connectivity index (χ3v) is 2.85. The van der Waals surface area contributed by atoms with Gasteiger partial charge in [0.05, 0.1) is 5.75 Å². The minimum atomic E-state index is -3.80. The molecule has 0 amide bonds. The van der Waals surface area contributed by atoms with E-state index in [9.17, 15) is 8.42 Å². The van der Waals surface area contributed by atoms with E-state index in [1.165, 1.54) is 0 Å². The summed E-state index contributed by atoms with van der Waals surface area (Å²) in [6, 6.07) is 0. The fraction of sp³-hybridized carbons (Fsp3) is 0.750. The molecule has 3 nitrogen and oxygen atoms in total. The van der Waals surface area contributed by atoms with Crippen molar-refractivity contribution in [2.24, 2.45) is 11.8 Å². The van der Waals surface area contributed by atoms with Gasteiger partial charge in [-0.1, -0.05) is 19.9 Å². The van der Waals surface area contributed by atoms with Crippen molar-refractivity contribution in [2.45, 2.75) is 20.3 Å². The van der Waals surface area contributed by atoms with Crippen molar-refractivity contribution in [1.82, 2.24) is 0 Å². The molecule has 2 atom stereocenters. The summed E-state index contributed by atoms with van der Waals surface area (Å²) < 4.78 is 29.2. The summed E-state index contributed by atoms with van der Waals surface area (Å²) in [5.41, 5.74) is 0. The van der Waals surface area contributed by atoms with Gasteiger partial charge >= 0.3 is 0 Å². The minimum Gasteiger partial charge on any atom is -0.286 e. The molecule has 0 aromatic heterocycles. The van der Waals surface area contributed by atoms with Crippen LogP contribution in [0.25, 0.3) is 0 Å². The third kappa shape index (κ3) is 5.32. The van der Waals surface area contributed by atoms with Crippen molar-refractivity contribution in [3.8, 4) is 0 Å².